The highest BCUT2D eigenvalue weighted by Crippen LogP contribution is 2.60. The Morgan fingerprint density at radius 3 is 0.900 bits per heavy atom. The molecule has 0 unspecified atom stereocenters. The molecule has 242 valence electrons. The summed E-state index contributed by atoms with van der Waals surface area (Å²) in [5.41, 5.74) is 0. The first-order valence-electron chi connectivity index (χ1n) is 9.48. The second-order valence-electron chi connectivity index (χ2n) is 8.20. The van der Waals surface area contributed by atoms with Crippen molar-refractivity contribution in [3.05, 3.63) is 0 Å². The fourth-order valence-corrected chi connectivity index (χ4v) is 2.57. The third-order valence-corrected chi connectivity index (χ3v) is 5.21. The molecule has 0 saturated carbocycles. The minimum Gasteiger partial charge on any atom is -0.390 e. The van der Waals surface area contributed by atoms with Crippen LogP contribution < -0.4 is 0 Å². The van der Waals surface area contributed by atoms with Crippen molar-refractivity contribution in [2.24, 2.45) is 0 Å². The molecule has 4 N–H and O–H groups in total. The summed E-state index contributed by atoms with van der Waals surface area (Å²) in [6.45, 7) is -6.38. The molecule has 40 heavy (non-hydrogen) atoms. The molecule has 0 heterocycles. The summed E-state index contributed by atoms with van der Waals surface area (Å²) in [6.07, 6.45) is -12.0. The molecular formula is C16H14F20O4. The van der Waals surface area contributed by atoms with E-state index < -0.39 is 97.5 Å². The Morgan fingerprint density at radius 1 is 0.325 bits per heavy atom. The van der Waals surface area contributed by atoms with Crippen molar-refractivity contribution < 1.29 is 108 Å². The molecule has 0 aliphatic carbocycles. The van der Waals surface area contributed by atoms with Crippen LogP contribution in [0.25, 0.3) is 0 Å². The monoisotopic (exact) mass is 650 g/mol. The average Bonchev–Trinajstić information content (AvgIpc) is 2.75. The van der Waals surface area contributed by atoms with E-state index in [-0.39, 0.29) is 0 Å². The van der Waals surface area contributed by atoms with E-state index in [1.165, 1.54) is 0 Å². The number of aliphatic hydroxyl groups excluding tert-OH is 2. The highest BCUT2D eigenvalue weighted by atomic mass is 19.4. The quantitative estimate of drug-likeness (QED) is 0.146. The van der Waals surface area contributed by atoms with E-state index in [1.54, 1.807) is 0 Å². The molecule has 0 aromatic carbocycles. The second-order valence-corrected chi connectivity index (χ2v) is 8.20. The highest BCUT2D eigenvalue weighted by Gasteiger charge is 2.86. The topological polar surface area (TPSA) is 80.9 Å². The van der Waals surface area contributed by atoms with Crippen molar-refractivity contribution in [3.8, 4) is 0 Å². The minimum absolute atomic E-state index is 3.13. The van der Waals surface area contributed by atoms with Crippen molar-refractivity contribution in [3.63, 3.8) is 0 Å². The van der Waals surface area contributed by atoms with Crippen molar-refractivity contribution >= 4 is 0 Å². The number of aliphatic hydroxyl groups is 4. The SMILES string of the molecule is OCC(F)(F)C(F)(F)C(F)(F)CCC(F)(F)C(F)(F)C(F)(F)C(F)(F)C(O)(O)CC(F)(F)C(F)(F)C(F)(F)CO. The normalized spacial score (nSPS) is 16.5. The van der Waals surface area contributed by atoms with Crippen LogP contribution >= 0.6 is 0 Å². The van der Waals surface area contributed by atoms with Gasteiger partial charge in [-0.3, -0.25) is 0 Å². The van der Waals surface area contributed by atoms with Crippen molar-refractivity contribution in [2.75, 3.05) is 13.2 Å². The number of hydrogen-bond acceptors (Lipinski definition) is 4. The zero-order chi connectivity index (χ0) is 33.0. The first kappa shape index (κ1) is 38.4. The molecule has 0 atom stereocenters. The molecule has 0 spiro atoms. The zero-order valence-corrected chi connectivity index (χ0v) is 18.4. The maximum atomic E-state index is 13.9. The van der Waals surface area contributed by atoms with Crippen LogP contribution in [-0.4, -0.2) is 98.7 Å². The van der Waals surface area contributed by atoms with Crippen LogP contribution in [0.5, 0.6) is 0 Å². The van der Waals surface area contributed by atoms with E-state index in [0.29, 0.717) is 0 Å². The van der Waals surface area contributed by atoms with E-state index in [0.717, 1.165) is 0 Å². The second kappa shape index (κ2) is 10.3. The first-order chi connectivity index (χ1) is 17.0. The molecule has 4 nitrogen and oxygen atoms in total. The van der Waals surface area contributed by atoms with Gasteiger partial charge in [-0.1, -0.05) is 0 Å². The van der Waals surface area contributed by atoms with Gasteiger partial charge in [-0.05, 0) is 0 Å². The van der Waals surface area contributed by atoms with Gasteiger partial charge < -0.3 is 20.4 Å². The summed E-state index contributed by atoms with van der Waals surface area (Å²) in [4.78, 5) is 0. The molecule has 24 heteroatoms. The summed E-state index contributed by atoms with van der Waals surface area (Å²) in [5, 5.41) is 33.7. The number of alkyl halides is 20. The van der Waals surface area contributed by atoms with Crippen LogP contribution in [-0.2, 0) is 0 Å². The Labute approximate surface area is 207 Å². The van der Waals surface area contributed by atoms with Crippen molar-refractivity contribution in [1.82, 2.24) is 0 Å². The molecule has 0 aliphatic rings. The number of rotatable bonds is 15. The lowest BCUT2D eigenvalue weighted by Gasteiger charge is -2.43. The van der Waals surface area contributed by atoms with Gasteiger partial charge in [-0.2, -0.15) is 87.8 Å². The Balaban J connectivity index is 6.44. The van der Waals surface area contributed by atoms with Crippen LogP contribution in [0.2, 0.25) is 0 Å². The summed E-state index contributed by atoms with van der Waals surface area (Å²) >= 11 is 0. The predicted molar refractivity (Wildman–Crippen MR) is 84.7 cm³/mol. The molecule has 0 rings (SSSR count). The van der Waals surface area contributed by atoms with E-state index in [2.05, 4.69) is 0 Å². The molecule has 0 saturated heterocycles. The largest absolute Gasteiger partial charge is 0.390 e. The predicted octanol–water partition coefficient (Wildman–Crippen LogP) is 5.18. The third kappa shape index (κ3) is 5.72. The minimum atomic E-state index is -8.23. The van der Waals surface area contributed by atoms with Crippen LogP contribution in [0.1, 0.15) is 19.3 Å². The first-order valence-corrected chi connectivity index (χ1v) is 9.48. The molecule has 0 aromatic rings. The fourth-order valence-electron chi connectivity index (χ4n) is 2.57. The Morgan fingerprint density at radius 2 is 0.600 bits per heavy atom. The van der Waals surface area contributed by atoms with Crippen LogP contribution in [0, 0.1) is 0 Å². The maximum absolute atomic E-state index is 13.9. The summed E-state index contributed by atoms with van der Waals surface area (Å²) < 4.78 is 268. The Kier molecular flexibility index (Phi) is 9.91. The van der Waals surface area contributed by atoms with Gasteiger partial charge in [-0.25, -0.2) is 0 Å². The van der Waals surface area contributed by atoms with Crippen LogP contribution in [0.4, 0.5) is 87.8 Å². The number of halogens is 20. The lowest BCUT2D eigenvalue weighted by Crippen LogP contribution is -2.71. The average molecular weight is 650 g/mol. The van der Waals surface area contributed by atoms with E-state index >= 15 is 0 Å². The fraction of sp³-hybridized carbons (Fsp3) is 1.00. The summed E-state index contributed by atoms with van der Waals surface area (Å²) in [7, 11) is 0. The third-order valence-electron chi connectivity index (χ3n) is 5.21. The van der Waals surface area contributed by atoms with Crippen molar-refractivity contribution in [1.29, 1.82) is 0 Å². The van der Waals surface area contributed by atoms with Gasteiger partial charge in [0.15, 0.2) is 0 Å². The molecule has 0 aromatic heterocycles. The molecule has 0 fully saturated rings. The lowest BCUT2D eigenvalue weighted by molar-refractivity contribution is -0.439. The molecule has 0 radical (unpaired) electrons. The van der Waals surface area contributed by atoms with Crippen LogP contribution in [0.3, 0.4) is 0 Å². The standard InChI is InChI=1S/C16H14F20O4/c17-6(18,12(27,28)9(23,24)4-37)1-2-7(19,20)14(31,32)16(35,36)15(33,34)11(39,40)3-8(21,22)13(29,30)10(25,26)5-38/h37-40H,1-5H2. The maximum Gasteiger partial charge on any atom is 0.383 e. The molecule has 0 aliphatic heterocycles. The Bertz CT molecular complexity index is 884. The Hall–Kier alpha value is -1.56. The van der Waals surface area contributed by atoms with E-state index in [9.17, 15) is 87.8 Å². The summed E-state index contributed by atoms with van der Waals surface area (Å²) in [5.74, 6) is -78.4. The van der Waals surface area contributed by atoms with Crippen molar-refractivity contribution in [2.45, 2.75) is 84.3 Å². The van der Waals surface area contributed by atoms with Gasteiger partial charge in [0.1, 0.15) is 13.2 Å². The van der Waals surface area contributed by atoms with Gasteiger partial charge in [0, 0.05) is 12.8 Å². The lowest BCUT2D eigenvalue weighted by atomic mass is 9.86. The van der Waals surface area contributed by atoms with Gasteiger partial charge in [-0.15, -0.1) is 0 Å². The van der Waals surface area contributed by atoms with E-state index in [4.69, 9.17) is 20.4 Å². The highest BCUT2D eigenvalue weighted by molar-refractivity contribution is 5.11. The number of hydrogen-bond donors (Lipinski definition) is 4. The molecule has 0 amide bonds. The van der Waals surface area contributed by atoms with Gasteiger partial charge in [0.25, 0.3) is 0 Å². The van der Waals surface area contributed by atoms with Gasteiger partial charge >= 0.3 is 59.2 Å². The molecule has 0 bridgehead atoms. The van der Waals surface area contributed by atoms with E-state index in [1.807, 2.05) is 0 Å². The van der Waals surface area contributed by atoms with Gasteiger partial charge in [0.2, 0.25) is 5.79 Å². The smallest absolute Gasteiger partial charge is 0.383 e. The zero-order valence-electron chi connectivity index (χ0n) is 18.4. The molecular weight excluding hydrogens is 636 g/mol. The van der Waals surface area contributed by atoms with Gasteiger partial charge in [0.05, 0.1) is 6.42 Å². The summed E-state index contributed by atoms with van der Waals surface area (Å²) in [6, 6.07) is 0. The van der Waals surface area contributed by atoms with Crippen LogP contribution in [0.15, 0.2) is 0 Å².